The van der Waals surface area contributed by atoms with E-state index in [9.17, 15) is 18.0 Å². The third-order valence-electron chi connectivity index (χ3n) is 5.94. The lowest BCUT2D eigenvalue weighted by Crippen LogP contribution is -2.41. The summed E-state index contributed by atoms with van der Waals surface area (Å²) in [4.78, 5) is 29.0. The number of aryl methyl sites for hydroxylation is 1. The molecule has 33 heavy (non-hydrogen) atoms. The molecule has 4 rings (SSSR count). The summed E-state index contributed by atoms with van der Waals surface area (Å²) in [5.41, 5.74) is 1.23. The molecule has 0 aliphatic carbocycles. The van der Waals surface area contributed by atoms with Crippen molar-refractivity contribution < 1.29 is 13.2 Å². The SMILES string of the molecule is Cc1ccc(NC(=O)Cn2c(=O)ncc3cc(S(=O)(=O)N4CCCCC4C)ccc32)cc1Cl. The van der Waals surface area contributed by atoms with Crippen molar-refractivity contribution in [1.29, 1.82) is 0 Å². The number of carbonyl (C=O) groups is 1. The zero-order chi connectivity index (χ0) is 23.8. The highest BCUT2D eigenvalue weighted by Gasteiger charge is 2.31. The van der Waals surface area contributed by atoms with Crippen LogP contribution in [0.5, 0.6) is 0 Å². The normalized spacial score (nSPS) is 17.2. The van der Waals surface area contributed by atoms with Gasteiger partial charge in [-0.3, -0.25) is 9.36 Å². The fraction of sp³-hybridized carbons (Fsp3) is 0.348. The number of nitrogens with zero attached hydrogens (tertiary/aromatic N) is 3. The number of carbonyl (C=O) groups excluding carboxylic acids is 1. The molecule has 1 aliphatic rings. The van der Waals surface area contributed by atoms with Crippen LogP contribution in [0.25, 0.3) is 10.9 Å². The average Bonchev–Trinajstić information content (AvgIpc) is 2.78. The summed E-state index contributed by atoms with van der Waals surface area (Å²) in [6.45, 7) is 3.99. The van der Waals surface area contributed by atoms with Gasteiger partial charge < -0.3 is 5.32 Å². The van der Waals surface area contributed by atoms with E-state index in [2.05, 4.69) is 10.3 Å². The number of amides is 1. The van der Waals surface area contributed by atoms with Gasteiger partial charge in [-0.15, -0.1) is 0 Å². The largest absolute Gasteiger partial charge is 0.348 e. The fourth-order valence-corrected chi connectivity index (χ4v) is 5.99. The predicted octanol–water partition coefficient (Wildman–Crippen LogP) is 3.56. The summed E-state index contributed by atoms with van der Waals surface area (Å²) >= 11 is 6.11. The van der Waals surface area contributed by atoms with E-state index in [1.54, 1.807) is 24.3 Å². The summed E-state index contributed by atoms with van der Waals surface area (Å²) in [5.74, 6) is -0.426. The molecule has 1 amide bonds. The van der Waals surface area contributed by atoms with Crippen LogP contribution in [0.4, 0.5) is 5.69 Å². The van der Waals surface area contributed by atoms with E-state index in [1.165, 1.54) is 27.2 Å². The van der Waals surface area contributed by atoms with Crippen LogP contribution in [-0.4, -0.2) is 40.8 Å². The topological polar surface area (TPSA) is 101 Å². The van der Waals surface area contributed by atoms with Gasteiger partial charge in [-0.2, -0.15) is 4.31 Å². The third-order valence-corrected chi connectivity index (χ3v) is 8.36. The molecule has 1 saturated heterocycles. The molecule has 1 N–H and O–H groups in total. The molecule has 1 aliphatic heterocycles. The molecule has 3 aromatic rings. The molecule has 10 heteroatoms. The van der Waals surface area contributed by atoms with E-state index >= 15 is 0 Å². The summed E-state index contributed by atoms with van der Waals surface area (Å²) in [5, 5.41) is 3.71. The maximum atomic E-state index is 13.2. The number of sulfonamides is 1. The number of nitrogens with one attached hydrogen (secondary N) is 1. The Morgan fingerprint density at radius 1 is 1.21 bits per heavy atom. The van der Waals surface area contributed by atoms with Gasteiger partial charge in [0, 0.05) is 34.9 Å². The Balaban J connectivity index is 1.63. The van der Waals surface area contributed by atoms with Gasteiger partial charge in [0.15, 0.2) is 0 Å². The van der Waals surface area contributed by atoms with Crippen molar-refractivity contribution in [3.8, 4) is 0 Å². The molecule has 1 atom stereocenters. The number of rotatable bonds is 5. The quantitative estimate of drug-likeness (QED) is 0.591. The maximum Gasteiger partial charge on any atom is 0.348 e. The molecule has 0 spiro atoms. The van der Waals surface area contributed by atoms with Crippen LogP contribution < -0.4 is 11.0 Å². The van der Waals surface area contributed by atoms with Crippen molar-refractivity contribution in [1.82, 2.24) is 13.9 Å². The molecule has 1 aromatic heterocycles. The Labute approximate surface area is 197 Å². The van der Waals surface area contributed by atoms with Crippen LogP contribution in [0.1, 0.15) is 31.7 Å². The van der Waals surface area contributed by atoms with E-state index < -0.39 is 21.6 Å². The second-order valence-corrected chi connectivity index (χ2v) is 10.6. The lowest BCUT2D eigenvalue weighted by Gasteiger charge is -2.32. The van der Waals surface area contributed by atoms with Crippen LogP contribution in [0.2, 0.25) is 5.02 Å². The van der Waals surface area contributed by atoms with E-state index in [1.807, 2.05) is 13.8 Å². The van der Waals surface area contributed by atoms with Crippen LogP contribution >= 0.6 is 11.6 Å². The average molecular weight is 489 g/mol. The molecule has 2 aromatic carbocycles. The minimum Gasteiger partial charge on any atom is -0.324 e. The summed E-state index contributed by atoms with van der Waals surface area (Å²) < 4.78 is 29.1. The van der Waals surface area contributed by atoms with Crippen molar-refractivity contribution in [2.45, 2.75) is 50.6 Å². The highest BCUT2D eigenvalue weighted by molar-refractivity contribution is 7.89. The fourth-order valence-electron chi connectivity index (χ4n) is 4.07. The van der Waals surface area contributed by atoms with Crippen molar-refractivity contribution >= 4 is 44.1 Å². The zero-order valence-corrected chi connectivity index (χ0v) is 20.0. The molecule has 8 nitrogen and oxygen atoms in total. The number of benzene rings is 2. The van der Waals surface area contributed by atoms with Gasteiger partial charge in [-0.1, -0.05) is 24.1 Å². The van der Waals surface area contributed by atoms with Crippen molar-refractivity contribution in [2.75, 3.05) is 11.9 Å². The minimum absolute atomic E-state index is 0.0644. The van der Waals surface area contributed by atoms with E-state index in [0.29, 0.717) is 28.2 Å². The Morgan fingerprint density at radius 2 is 2.00 bits per heavy atom. The number of anilines is 1. The summed E-state index contributed by atoms with van der Waals surface area (Å²) in [7, 11) is -3.67. The number of hydrogen-bond donors (Lipinski definition) is 1. The molecular weight excluding hydrogens is 464 g/mol. The maximum absolute atomic E-state index is 13.2. The Hall–Kier alpha value is -2.75. The standard InChI is InChI=1S/C23H25ClN4O4S/c1-15-6-7-18(12-20(15)24)26-22(29)14-27-21-9-8-19(11-17(21)13-25-23(27)30)33(31,32)28-10-4-3-5-16(28)2/h6-9,11-13,16H,3-5,10,14H2,1-2H3,(H,26,29). The highest BCUT2D eigenvalue weighted by Crippen LogP contribution is 2.27. The van der Waals surface area contributed by atoms with Crippen LogP contribution in [0.3, 0.4) is 0 Å². The van der Waals surface area contributed by atoms with Gasteiger partial charge in [0.2, 0.25) is 15.9 Å². The Bertz CT molecular complexity index is 1390. The molecule has 1 unspecified atom stereocenters. The minimum atomic E-state index is -3.67. The van der Waals surface area contributed by atoms with Crippen molar-refractivity contribution in [2.24, 2.45) is 0 Å². The predicted molar refractivity (Wildman–Crippen MR) is 128 cm³/mol. The molecule has 0 radical (unpaired) electrons. The Kier molecular flexibility index (Phi) is 6.56. The second kappa shape index (κ2) is 9.24. The zero-order valence-electron chi connectivity index (χ0n) is 18.4. The van der Waals surface area contributed by atoms with Crippen molar-refractivity contribution in [3.63, 3.8) is 0 Å². The highest BCUT2D eigenvalue weighted by atomic mass is 35.5. The van der Waals surface area contributed by atoms with Gasteiger partial charge in [-0.25, -0.2) is 18.2 Å². The van der Waals surface area contributed by atoms with Gasteiger partial charge >= 0.3 is 5.69 Å². The second-order valence-electron chi connectivity index (χ2n) is 8.32. The summed E-state index contributed by atoms with van der Waals surface area (Å²) in [6, 6.07) is 9.62. The first kappa shape index (κ1) is 23.4. The number of fused-ring (bicyclic) bond motifs is 1. The van der Waals surface area contributed by atoms with E-state index in [-0.39, 0.29) is 17.5 Å². The third kappa shape index (κ3) is 4.80. The Morgan fingerprint density at radius 3 is 2.73 bits per heavy atom. The van der Waals surface area contributed by atoms with E-state index in [4.69, 9.17) is 11.6 Å². The number of aromatic nitrogens is 2. The van der Waals surface area contributed by atoms with Gasteiger partial charge in [0.25, 0.3) is 0 Å². The van der Waals surface area contributed by atoms with Crippen LogP contribution in [-0.2, 0) is 21.4 Å². The first-order valence-electron chi connectivity index (χ1n) is 10.7. The van der Waals surface area contributed by atoms with Crippen LogP contribution in [0.15, 0.2) is 52.3 Å². The monoisotopic (exact) mass is 488 g/mol. The van der Waals surface area contributed by atoms with Gasteiger partial charge in [-0.05, 0) is 62.6 Å². The smallest absolute Gasteiger partial charge is 0.324 e. The number of hydrogen-bond acceptors (Lipinski definition) is 5. The van der Waals surface area contributed by atoms with Crippen molar-refractivity contribution in [3.05, 3.63) is 63.7 Å². The molecule has 174 valence electrons. The lowest BCUT2D eigenvalue weighted by molar-refractivity contribution is -0.116. The molecule has 0 saturated carbocycles. The molecule has 2 heterocycles. The first-order chi connectivity index (χ1) is 15.7. The number of halogens is 1. The van der Waals surface area contributed by atoms with Gasteiger partial charge in [0.05, 0.1) is 10.4 Å². The van der Waals surface area contributed by atoms with Crippen LogP contribution in [0, 0.1) is 6.92 Å². The molecule has 1 fully saturated rings. The summed E-state index contributed by atoms with van der Waals surface area (Å²) in [6.07, 6.45) is 4.01. The number of piperidine rings is 1. The molecule has 0 bridgehead atoms. The molecular formula is C23H25ClN4O4S. The van der Waals surface area contributed by atoms with Gasteiger partial charge in [0.1, 0.15) is 6.54 Å². The lowest BCUT2D eigenvalue weighted by atomic mass is 10.1. The first-order valence-corrected chi connectivity index (χ1v) is 12.6. The van der Waals surface area contributed by atoms with E-state index in [0.717, 1.165) is 24.8 Å².